The first-order chi connectivity index (χ1) is 14.6. The van der Waals surface area contributed by atoms with Gasteiger partial charge in [-0.1, -0.05) is 18.2 Å². The lowest BCUT2D eigenvalue weighted by molar-refractivity contribution is -0.384. The Kier molecular flexibility index (Phi) is 7.57. The summed E-state index contributed by atoms with van der Waals surface area (Å²) >= 11 is 0. The standard InChI is InChI=1S/C22H23N5O3/c28-22(26-14-9-18-3-2-10-24-16-18)21(19-4-1-5-20(15-19)27(29)30)25-13-8-17-6-11-23-12-7-17/h1-7,10-12,15-16,21,25H,8-9,13-14H2,(H,26,28). The van der Waals surface area contributed by atoms with Crippen LogP contribution in [0, 0.1) is 10.1 Å². The van der Waals surface area contributed by atoms with E-state index in [1.807, 2.05) is 24.3 Å². The van der Waals surface area contributed by atoms with E-state index in [9.17, 15) is 14.9 Å². The molecule has 0 bridgehead atoms. The number of pyridine rings is 2. The van der Waals surface area contributed by atoms with E-state index in [1.165, 1.54) is 12.1 Å². The third kappa shape index (κ3) is 6.18. The van der Waals surface area contributed by atoms with Crippen LogP contribution in [0.2, 0.25) is 0 Å². The van der Waals surface area contributed by atoms with E-state index < -0.39 is 11.0 Å². The number of nitrogens with zero attached hydrogens (tertiary/aromatic N) is 3. The zero-order valence-corrected chi connectivity index (χ0v) is 16.4. The SMILES string of the molecule is O=C(NCCc1cccnc1)C(NCCc1ccncc1)c1cccc([N+](=O)[O-])c1. The number of hydrogen-bond acceptors (Lipinski definition) is 6. The molecule has 0 spiro atoms. The van der Waals surface area contributed by atoms with E-state index in [0.717, 1.165) is 11.1 Å². The molecule has 1 amide bonds. The maximum Gasteiger partial charge on any atom is 0.269 e. The average Bonchev–Trinajstić information content (AvgIpc) is 2.78. The fraction of sp³-hybridized carbons (Fsp3) is 0.227. The van der Waals surface area contributed by atoms with Gasteiger partial charge in [-0.15, -0.1) is 0 Å². The molecular weight excluding hydrogens is 382 g/mol. The van der Waals surface area contributed by atoms with Gasteiger partial charge in [-0.25, -0.2) is 0 Å². The second-order valence-electron chi connectivity index (χ2n) is 6.75. The molecule has 3 rings (SSSR count). The fourth-order valence-corrected chi connectivity index (χ4v) is 3.07. The van der Waals surface area contributed by atoms with Crippen LogP contribution in [-0.2, 0) is 17.6 Å². The summed E-state index contributed by atoms with van der Waals surface area (Å²) < 4.78 is 0. The third-order valence-corrected chi connectivity index (χ3v) is 4.62. The summed E-state index contributed by atoms with van der Waals surface area (Å²) in [5.74, 6) is -0.228. The zero-order valence-electron chi connectivity index (χ0n) is 16.4. The molecular formula is C22H23N5O3. The number of non-ortho nitro benzene ring substituents is 1. The quantitative estimate of drug-likeness (QED) is 0.396. The molecule has 2 N–H and O–H groups in total. The summed E-state index contributed by atoms with van der Waals surface area (Å²) in [4.78, 5) is 31.6. The first kappa shape index (κ1) is 21.1. The Bertz CT molecular complexity index is 967. The van der Waals surface area contributed by atoms with Crippen molar-refractivity contribution in [1.29, 1.82) is 0 Å². The zero-order chi connectivity index (χ0) is 21.2. The summed E-state index contributed by atoms with van der Waals surface area (Å²) in [7, 11) is 0. The molecule has 1 unspecified atom stereocenters. The Morgan fingerprint density at radius 3 is 2.50 bits per heavy atom. The minimum atomic E-state index is -0.694. The normalized spacial score (nSPS) is 11.6. The summed E-state index contributed by atoms with van der Waals surface area (Å²) in [6.45, 7) is 0.982. The van der Waals surface area contributed by atoms with Crippen molar-refractivity contribution in [2.24, 2.45) is 0 Å². The smallest absolute Gasteiger partial charge is 0.269 e. The molecule has 0 aliphatic rings. The molecule has 0 fully saturated rings. The molecule has 3 aromatic rings. The van der Waals surface area contributed by atoms with Crippen LogP contribution >= 0.6 is 0 Å². The molecule has 1 aromatic carbocycles. The lowest BCUT2D eigenvalue weighted by Crippen LogP contribution is -2.39. The van der Waals surface area contributed by atoms with Crippen LogP contribution in [0.1, 0.15) is 22.7 Å². The van der Waals surface area contributed by atoms with Gasteiger partial charge < -0.3 is 10.6 Å². The summed E-state index contributed by atoms with van der Waals surface area (Å²) in [6, 6.07) is 13.1. The third-order valence-electron chi connectivity index (χ3n) is 4.62. The monoisotopic (exact) mass is 405 g/mol. The number of carbonyl (C=O) groups excluding carboxylic acids is 1. The largest absolute Gasteiger partial charge is 0.354 e. The summed E-state index contributed by atoms with van der Waals surface area (Å²) in [5.41, 5.74) is 2.62. The molecule has 2 aromatic heterocycles. The fourth-order valence-electron chi connectivity index (χ4n) is 3.07. The molecule has 0 aliphatic heterocycles. The van der Waals surface area contributed by atoms with Crippen molar-refractivity contribution in [2.45, 2.75) is 18.9 Å². The van der Waals surface area contributed by atoms with E-state index in [1.54, 1.807) is 36.9 Å². The second-order valence-corrected chi connectivity index (χ2v) is 6.75. The Balaban J connectivity index is 1.66. The van der Waals surface area contributed by atoms with Crippen LogP contribution in [0.4, 0.5) is 5.69 Å². The van der Waals surface area contributed by atoms with Gasteiger partial charge in [0, 0.05) is 50.0 Å². The Morgan fingerprint density at radius 2 is 1.77 bits per heavy atom. The van der Waals surface area contributed by atoms with Gasteiger partial charge in [-0.2, -0.15) is 0 Å². The van der Waals surface area contributed by atoms with Crippen molar-refractivity contribution >= 4 is 11.6 Å². The van der Waals surface area contributed by atoms with Gasteiger partial charge in [0.2, 0.25) is 5.91 Å². The number of hydrogen-bond donors (Lipinski definition) is 2. The van der Waals surface area contributed by atoms with Gasteiger partial charge in [0.15, 0.2) is 0 Å². The second kappa shape index (κ2) is 10.8. The summed E-state index contributed by atoms with van der Waals surface area (Å²) in [5, 5.41) is 17.3. The molecule has 0 saturated heterocycles. The van der Waals surface area contributed by atoms with Crippen molar-refractivity contribution in [2.75, 3.05) is 13.1 Å². The van der Waals surface area contributed by atoms with Gasteiger partial charge in [-0.05, 0) is 47.7 Å². The van der Waals surface area contributed by atoms with Crippen LogP contribution in [0.15, 0.2) is 73.3 Å². The van der Waals surface area contributed by atoms with Crippen molar-refractivity contribution in [3.63, 3.8) is 0 Å². The molecule has 1 atom stereocenters. The highest BCUT2D eigenvalue weighted by Gasteiger charge is 2.21. The molecule has 154 valence electrons. The maximum atomic E-state index is 12.9. The summed E-state index contributed by atoms with van der Waals surface area (Å²) in [6.07, 6.45) is 8.26. The molecule has 0 aliphatic carbocycles. The van der Waals surface area contributed by atoms with E-state index in [2.05, 4.69) is 20.6 Å². The first-order valence-corrected chi connectivity index (χ1v) is 9.67. The van der Waals surface area contributed by atoms with Gasteiger partial charge in [0.1, 0.15) is 6.04 Å². The van der Waals surface area contributed by atoms with Crippen LogP contribution in [0.5, 0.6) is 0 Å². The van der Waals surface area contributed by atoms with Gasteiger partial charge >= 0.3 is 0 Å². The number of rotatable bonds is 10. The van der Waals surface area contributed by atoms with Crippen LogP contribution in [-0.4, -0.2) is 33.9 Å². The highest BCUT2D eigenvalue weighted by molar-refractivity contribution is 5.83. The molecule has 30 heavy (non-hydrogen) atoms. The molecule has 8 nitrogen and oxygen atoms in total. The molecule has 0 radical (unpaired) electrons. The van der Waals surface area contributed by atoms with Crippen LogP contribution in [0.25, 0.3) is 0 Å². The molecule has 0 saturated carbocycles. The van der Waals surface area contributed by atoms with Gasteiger partial charge in [0.05, 0.1) is 4.92 Å². The van der Waals surface area contributed by atoms with Crippen molar-refractivity contribution in [3.05, 3.63) is 100 Å². The number of nitrogens with one attached hydrogen (secondary N) is 2. The van der Waals surface area contributed by atoms with Crippen molar-refractivity contribution < 1.29 is 9.72 Å². The van der Waals surface area contributed by atoms with Crippen molar-refractivity contribution in [3.8, 4) is 0 Å². The molecule has 2 heterocycles. The Morgan fingerprint density at radius 1 is 0.967 bits per heavy atom. The minimum Gasteiger partial charge on any atom is -0.354 e. The first-order valence-electron chi connectivity index (χ1n) is 9.67. The number of aromatic nitrogens is 2. The van der Waals surface area contributed by atoms with E-state index in [0.29, 0.717) is 31.5 Å². The number of benzene rings is 1. The maximum absolute atomic E-state index is 12.9. The van der Waals surface area contributed by atoms with E-state index in [-0.39, 0.29) is 11.6 Å². The molecule has 8 heteroatoms. The Hall–Kier alpha value is -3.65. The average molecular weight is 405 g/mol. The van der Waals surface area contributed by atoms with Gasteiger partial charge in [-0.3, -0.25) is 24.9 Å². The lowest BCUT2D eigenvalue weighted by atomic mass is 10.0. The van der Waals surface area contributed by atoms with Crippen LogP contribution < -0.4 is 10.6 Å². The number of carbonyl (C=O) groups is 1. The number of amides is 1. The lowest BCUT2D eigenvalue weighted by Gasteiger charge is -2.19. The van der Waals surface area contributed by atoms with Crippen molar-refractivity contribution in [1.82, 2.24) is 20.6 Å². The van der Waals surface area contributed by atoms with Gasteiger partial charge in [0.25, 0.3) is 5.69 Å². The predicted molar refractivity (Wildman–Crippen MR) is 113 cm³/mol. The van der Waals surface area contributed by atoms with E-state index in [4.69, 9.17) is 0 Å². The highest BCUT2D eigenvalue weighted by Crippen LogP contribution is 2.20. The number of nitro groups is 1. The predicted octanol–water partition coefficient (Wildman–Crippen LogP) is 2.62. The number of nitro benzene ring substituents is 1. The topological polar surface area (TPSA) is 110 Å². The van der Waals surface area contributed by atoms with Crippen LogP contribution in [0.3, 0.4) is 0 Å². The Labute approximate surface area is 174 Å². The highest BCUT2D eigenvalue weighted by atomic mass is 16.6. The van der Waals surface area contributed by atoms with E-state index >= 15 is 0 Å². The minimum absolute atomic E-state index is 0.0448.